The third kappa shape index (κ3) is 32.6. The molecule has 0 radical (unpaired) electrons. The summed E-state index contributed by atoms with van der Waals surface area (Å²) in [5.74, 6) is -1.54. The van der Waals surface area contributed by atoms with Gasteiger partial charge in [-0.3, -0.25) is 23.2 Å². The molecular weight excluding hydrogens is 954 g/mol. The number of rotatable bonds is 41. The normalized spacial score (nSPS) is 22.9. The molecule has 406 valence electrons. The van der Waals surface area contributed by atoms with Gasteiger partial charge in [0.1, 0.15) is 43.2 Å². The Labute approximate surface area is 415 Å². The van der Waals surface area contributed by atoms with E-state index < -0.39 is 102 Å². The number of hydrogen-bond donors (Lipinski definition) is 10. The lowest BCUT2D eigenvalue weighted by Crippen LogP contribution is -2.64. The van der Waals surface area contributed by atoms with E-state index in [1.165, 1.54) is 89.2 Å². The van der Waals surface area contributed by atoms with Crippen LogP contribution in [-0.2, 0) is 41.8 Å². The number of esters is 2. The first kappa shape index (κ1) is 65.6. The number of phosphoric ester groups is 2. The summed E-state index contributed by atoms with van der Waals surface area (Å²) in [6, 6.07) is 0. The molecule has 70 heavy (non-hydrogen) atoms. The van der Waals surface area contributed by atoms with Crippen LogP contribution in [0.25, 0.3) is 0 Å². The fourth-order valence-corrected chi connectivity index (χ4v) is 8.97. The maximum atomic E-state index is 13.0. The van der Waals surface area contributed by atoms with Crippen LogP contribution >= 0.6 is 15.6 Å². The van der Waals surface area contributed by atoms with E-state index in [1.54, 1.807) is 36.5 Å². The lowest BCUT2D eigenvalue weighted by molar-refractivity contribution is -0.216. The summed E-state index contributed by atoms with van der Waals surface area (Å²) < 4.78 is 49.2. The monoisotopic (exact) mass is 1040 g/mol. The Kier molecular flexibility index (Phi) is 36.6. The molecule has 0 bridgehead atoms. The highest BCUT2D eigenvalue weighted by Crippen LogP contribution is 2.49. The second-order valence-electron chi connectivity index (χ2n) is 17.7. The fraction of sp³-hybridized carbons (Fsp3) is 0.755. The second-order valence-corrected chi connectivity index (χ2v) is 20.3. The van der Waals surface area contributed by atoms with Crippen LogP contribution in [0, 0.1) is 0 Å². The van der Waals surface area contributed by atoms with Crippen LogP contribution in [0.3, 0.4) is 0 Å². The van der Waals surface area contributed by atoms with Gasteiger partial charge in [0.25, 0.3) is 0 Å². The molecule has 1 aliphatic carbocycles. The average Bonchev–Trinajstić information content (AvgIpc) is 3.31. The van der Waals surface area contributed by atoms with Crippen LogP contribution in [0.1, 0.15) is 162 Å². The molecular formula is C49H86O19P2. The Balaban J connectivity index is 2.70. The number of unbranched alkanes of at least 4 members (excludes halogenated alkanes) is 16. The van der Waals surface area contributed by atoms with Crippen LogP contribution in [0.5, 0.6) is 0 Å². The van der Waals surface area contributed by atoms with Crippen molar-refractivity contribution in [2.45, 2.75) is 223 Å². The summed E-state index contributed by atoms with van der Waals surface area (Å²) in [7, 11) is -10.8. The highest BCUT2D eigenvalue weighted by Gasteiger charge is 2.54. The third-order valence-corrected chi connectivity index (χ3v) is 13.0. The first-order valence-corrected chi connectivity index (χ1v) is 28.2. The molecule has 11 atom stereocenters. The van der Waals surface area contributed by atoms with Gasteiger partial charge in [-0.2, -0.15) is 0 Å². The van der Waals surface area contributed by atoms with Crippen molar-refractivity contribution in [2.24, 2.45) is 0 Å². The number of carbonyl (C=O) groups excluding carboxylic acids is 2. The highest BCUT2D eigenvalue weighted by atomic mass is 31.2. The Morgan fingerprint density at radius 3 is 1.57 bits per heavy atom. The predicted molar refractivity (Wildman–Crippen MR) is 264 cm³/mol. The molecule has 0 saturated heterocycles. The van der Waals surface area contributed by atoms with Gasteiger partial charge in [0, 0.05) is 12.8 Å². The zero-order chi connectivity index (χ0) is 52.2. The van der Waals surface area contributed by atoms with Crippen molar-refractivity contribution in [3.63, 3.8) is 0 Å². The number of hydrogen-bond acceptors (Lipinski definition) is 16. The molecule has 19 nitrogen and oxygen atoms in total. The van der Waals surface area contributed by atoms with Gasteiger partial charge in [-0.05, 0) is 32.1 Å². The summed E-state index contributed by atoms with van der Waals surface area (Å²) in [4.78, 5) is 54.4. The van der Waals surface area contributed by atoms with E-state index in [1.807, 2.05) is 19.1 Å². The van der Waals surface area contributed by atoms with Crippen LogP contribution in [0.15, 0.2) is 60.8 Å². The molecule has 0 aromatic carbocycles. The van der Waals surface area contributed by atoms with E-state index >= 15 is 0 Å². The van der Waals surface area contributed by atoms with Crippen molar-refractivity contribution in [3.8, 4) is 0 Å². The molecule has 0 aromatic heterocycles. The molecule has 0 aliphatic heterocycles. The van der Waals surface area contributed by atoms with Crippen molar-refractivity contribution < 1.29 is 92.2 Å². The molecule has 1 fully saturated rings. The average molecular weight is 1040 g/mol. The van der Waals surface area contributed by atoms with E-state index in [-0.39, 0.29) is 25.7 Å². The minimum absolute atomic E-state index is 0.0215. The Morgan fingerprint density at radius 2 is 1.04 bits per heavy atom. The number of carbonyl (C=O) groups is 2. The molecule has 0 aromatic rings. The van der Waals surface area contributed by atoms with E-state index in [9.17, 15) is 69.1 Å². The van der Waals surface area contributed by atoms with E-state index in [4.69, 9.17) is 18.5 Å². The third-order valence-electron chi connectivity index (χ3n) is 11.4. The number of aliphatic hydroxyl groups excluding tert-OH is 7. The Hall–Kier alpha value is -2.42. The summed E-state index contributed by atoms with van der Waals surface area (Å²) >= 11 is 0. The van der Waals surface area contributed by atoms with Gasteiger partial charge in [0.15, 0.2) is 6.10 Å². The van der Waals surface area contributed by atoms with Gasteiger partial charge in [-0.1, -0.05) is 177 Å². The summed E-state index contributed by atoms with van der Waals surface area (Å²) in [5.41, 5.74) is 0. The molecule has 1 rings (SSSR count). The second kappa shape index (κ2) is 39.1. The topological polar surface area (TPSA) is 317 Å². The fourth-order valence-electron chi connectivity index (χ4n) is 7.43. The number of phosphoric acid groups is 2. The van der Waals surface area contributed by atoms with Crippen molar-refractivity contribution in [1.82, 2.24) is 0 Å². The maximum absolute atomic E-state index is 13.0. The van der Waals surface area contributed by atoms with Gasteiger partial charge in [0.05, 0.1) is 24.9 Å². The quantitative estimate of drug-likeness (QED) is 0.00994. The zero-order valence-electron chi connectivity index (χ0n) is 41.3. The standard InChI is InChI=1S/C49H86O19P2/c1-3-5-7-8-9-10-11-12-13-14-15-16-17-18-19-24-28-34-42(53)64-36-39(37-65-70(62,63)68-49-46(57)44(55)45(56)48(47(49)58)67-69(59,60)61)66-43(54)35-29-33-41(52)40(51)32-27-23-21-20-22-26-31-38(50)30-25-6-4-2/h6,20-23,25-27,31-32,38-41,44-52,55-58H,3-5,7-19,24,28-30,33-37H2,1-2H3,(H,62,63)(H2,59,60,61)/b22-20+,23-21-,25-6-,31-26+,32-27-/t38-,39+,40+,41+,44?,45?,46?,47?,48+,49-/m0/s1. The lowest BCUT2D eigenvalue weighted by atomic mass is 9.85. The van der Waals surface area contributed by atoms with Crippen LogP contribution < -0.4 is 0 Å². The van der Waals surface area contributed by atoms with Crippen molar-refractivity contribution in [2.75, 3.05) is 13.2 Å². The van der Waals surface area contributed by atoms with Crippen molar-refractivity contribution in [3.05, 3.63) is 60.8 Å². The number of allylic oxidation sites excluding steroid dienone is 7. The molecule has 0 heterocycles. The van der Waals surface area contributed by atoms with Crippen molar-refractivity contribution in [1.29, 1.82) is 0 Å². The Morgan fingerprint density at radius 1 is 0.557 bits per heavy atom. The summed E-state index contributed by atoms with van der Waals surface area (Å²) in [5, 5.41) is 71.9. The zero-order valence-corrected chi connectivity index (χ0v) is 43.1. The smallest absolute Gasteiger partial charge is 0.462 e. The van der Waals surface area contributed by atoms with Gasteiger partial charge in [-0.15, -0.1) is 0 Å². The predicted octanol–water partition coefficient (Wildman–Crippen LogP) is 6.75. The largest absolute Gasteiger partial charge is 0.472 e. The maximum Gasteiger partial charge on any atom is 0.472 e. The first-order chi connectivity index (χ1) is 33.3. The van der Waals surface area contributed by atoms with Crippen LogP contribution in [-0.4, -0.2) is 137 Å². The van der Waals surface area contributed by atoms with Crippen molar-refractivity contribution >= 4 is 27.6 Å². The SMILES string of the molecule is CC/C=C\C[C@H](O)/C=C/C=C/C=C\C=C/[C@@H](O)[C@H](O)CCCC(=O)O[C@H](COC(=O)CCCCCCCCCCCCCCCCCCC)COP(=O)(O)O[C@H]1C(O)C(O)C(O)[C@@H](OP(=O)(O)O)C1O. The minimum atomic E-state index is -5.41. The van der Waals surface area contributed by atoms with Gasteiger partial charge >= 0.3 is 27.6 Å². The Bertz CT molecular complexity index is 1630. The van der Waals surface area contributed by atoms with Gasteiger partial charge in [-0.25, -0.2) is 9.13 Å². The molecule has 1 saturated carbocycles. The molecule has 5 unspecified atom stereocenters. The molecule has 1 aliphatic rings. The molecule has 10 N–H and O–H groups in total. The van der Waals surface area contributed by atoms with Gasteiger partial charge in [0.2, 0.25) is 0 Å². The summed E-state index contributed by atoms with van der Waals surface area (Å²) in [6.45, 7) is 2.65. The van der Waals surface area contributed by atoms with Crippen LogP contribution in [0.4, 0.5) is 0 Å². The minimum Gasteiger partial charge on any atom is -0.462 e. The summed E-state index contributed by atoms with van der Waals surface area (Å²) in [6.07, 6.45) is 19.5. The molecule has 21 heteroatoms. The van der Waals surface area contributed by atoms with Gasteiger partial charge < -0.3 is 59.9 Å². The first-order valence-electron chi connectivity index (χ1n) is 25.2. The lowest BCUT2D eigenvalue weighted by Gasteiger charge is -2.43. The highest BCUT2D eigenvalue weighted by molar-refractivity contribution is 7.47. The van der Waals surface area contributed by atoms with E-state index in [2.05, 4.69) is 11.4 Å². The number of aliphatic hydroxyl groups is 7. The van der Waals surface area contributed by atoms with E-state index in [0.29, 0.717) is 12.8 Å². The number of ether oxygens (including phenoxy) is 2. The molecule has 0 amide bonds. The van der Waals surface area contributed by atoms with Crippen LogP contribution in [0.2, 0.25) is 0 Å². The molecule has 0 spiro atoms. The van der Waals surface area contributed by atoms with E-state index in [0.717, 1.165) is 32.1 Å².